The fourth-order valence-corrected chi connectivity index (χ4v) is 3.41. The number of thioether (sulfide) groups is 1. The first-order valence-corrected chi connectivity index (χ1v) is 8.17. The molecule has 2 atom stereocenters. The van der Waals surface area contributed by atoms with E-state index in [1.807, 2.05) is 11.8 Å². The molecule has 0 aromatic carbocycles. The van der Waals surface area contributed by atoms with Crippen LogP contribution in [-0.2, 0) is 0 Å². The molecule has 0 bridgehead atoms. The predicted molar refractivity (Wildman–Crippen MR) is 75.3 cm³/mol. The van der Waals surface area contributed by atoms with E-state index in [1.165, 1.54) is 51.1 Å². The van der Waals surface area contributed by atoms with Gasteiger partial charge in [0.05, 0.1) is 0 Å². The molecule has 0 radical (unpaired) electrons. The van der Waals surface area contributed by atoms with Crippen molar-refractivity contribution >= 4 is 11.8 Å². The largest absolute Gasteiger partial charge is 0.313 e. The maximum atomic E-state index is 3.69. The molecule has 1 aliphatic heterocycles. The maximum absolute atomic E-state index is 3.69. The Bertz CT molecular complexity index is 175. The average molecular weight is 244 g/mol. The topological polar surface area (TPSA) is 15.3 Å². The lowest BCUT2D eigenvalue weighted by molar-refractivity contribution is 0.201. The van der Waals surface area contributed by atoms with Crippen LogP contribution in [-0.4, -0.2) is 48.6 Å². The Morgan fingerprint density at radius 1 is 1.44 bits per heavy atom. The van der Waals surface area contributed by atoms with Gasteiger partial charge in [-0.05, 0) is 38.6 Å². The zero-order valence-corrected chi connectivity index (χ0v) is 12.0. The summed E-state index contributed by atoms with van der Waals surface area (Å²) in [5, 5.41) is 3.69. The quantitative estimate of drug-likeness (QED) is 0.773. The van der Waals surface area contributed by atoms with E-state index in [9.17, 15) is 0 Å². The lowest BCUT2D eigenvalue weighted by Gasteiger charge is -2.31. The second-order valence-electron chi connectivity index (χ2n) is 4.81. The van der Waals surface area contributed by atoms with Crippen molar-refractivity contribution in [1.82, 2.24) is 10.2 Å². The van der Waals surface area contributed by atoms with Crippen molar-refractivity contribution in [3.63, 3.8) is 0 Å². The summed E-state index contributed by atoms with van der Waals surface area (Å²) in [4.78, 5) is 2.72. The third kappa shape index (κ3) is 4.64. The van der Waals surface area contributed by atoms with E-state index in [0.29, 0.717) is 0 Å². The molecule has 0 amide bonds. The highest BCUT2D eigenvalue weighted by Gasteiger charge is 2.22. The van der Waals surface area contributed by atoms with Crippen molar-refractivity contribution in [2.24, 2.45) is 0 Å². The van der Waals surface area contributed by atoms with Gasteiger partial charge in [-0.15, -0.1) is 0 Å². The van der Waals surface area contributed by atoms with Gasteiger partial charge in [-0.25, -0.2) is 0 Å². The summed E-state index contributed by atoms with van der Waals surface area (Å²) in [7, 11) is 0. The number of nitrogens with zero attached hydrogens (tertiary/aromatic N) is 1. The summed E-state index contributed by atoms with van der Waals surface area (Å²) < 4.78 is 0. The highest BCUT2D eigenvalue weighted by Crippen LogP contribution is 2.14. The average Bonchev–Trinajstić information content (AvgIpc) is 2.52. The van der Waals surface area contributed by atoms with Crippen LogP contribution in [0.3, 0.4) is 0 Å². The maximum Gasteiger partial charge on any atom is 0.0195 e. The van der Waals surface area contributed by atoms with Crippen LogP contribution in [0.4, 0.5) is 0 Å². The van der Waals surface area contributed by atoms with Gasteiger partial charge in [-0.3, -0.25) is 4.90 Å². The minimum atomic E-state index is 0.725. The molecule has 1 fully saturated rings. The van der Waals surface area contributed by atoms with Gasteiger partial charge in [-0.1, -0.05) is 20.3 Å². The summed E-state index contributed by atoms with van der Waals surface area (Å²) in [6, 6.07) is 1.51. The van der Waals surface area contributed by atoms with Crippen molar-refractivity contribution in [2.75, 3.05) is 31.6 Å². The van der Waals surface area contributed by atoms with Gasteiger partial charge in [0.1, 0.15) is 0 Å². The van der Waals surface area contributed by atoms with Gasteiger partial charge in [-0.2, -0.15) is 11.8 Å². The van der Waals surface area contributed by atoms with Crippen molar-refractivity contribution in [1.29, 1.82) is 0 Å². The molecule has 1 aliphatic rings. The minimum absolute atomic E-state index is 0.725. The Morgan fingerprint density at radius 3 is 2.88 bits per heavy atom. The van der Waals surface area contributed by atoms with Crippen LogP contribution in [0, 0.1) is 0 Å². The van der Waals surface area contributed by atoms with E-state index in [-0.39, 0.29) is 0 Å². The second-order valence-corrected chi connectivity index (χ2v) is 5.72. The Morgan fingerprint density at radius 2 is 2.25 bits per heavy atom. The molecule has 3 heteroatoms. The molecule has 0 spiro atoms. The predicted octanol–water partition coefficient (Wildman–Crippen LogP) is 2.59. The molecule has 1 N–H and O–H groups in total. The molecule has 2 unspecified atom stereocenters. The van der Waals surface area contributed by atoms with E-state index >= 15 is 0 Å². The normalized spacial score (nSPS) is 25.3. The van der Waals surface area contributed by atoms with Crippen molar-refractivity contribution in [3.8, 4) is 0 Å². The Kier molecular flexibility index (Phi) is 7.50. The fourth-order valence-electron chi connectivity index (χ4n) is 2.57. The van der Waals surface area contributed by atoms with Crippen molar-refractivity contribution in [2.45, 2.75) is 51.6 Å². The first-order valence-electron chi connectivity index (χ1n) is 6.78. The monoisotopic (exact) mass is 244 g/mol. The van der Waals surface area contributed by atoms with Crippen LogP contribution in [0.25, 0.3) is 0 Å². The standard InChI is InChI=1S/C13H28N2S/c1-4-7-12-10-15(9-6-8-14-12)13(5-2)11-16-3/h12-14H,4-11H2,1-3H3. The summed E-state index contributed by atoms with van der Waals surface area (Å²) in [5.74, 6) is 1.29. The first-order chi connectivity index (χ1) is 7.81. The molecule has 0 saturated carbocycles. The third-order valence-electron chi connectivity index (χ3n) is 3.49. The number of hydrogen-bond acceptors (Lipinski definition) is 3. The molecule has 0 aromatic heterocycles. The fraction of sp³-hybridized carbons (Fsp3) is 1.00. The Labute approximate surface area is 106 Å². The molecule has 16 heavy (non-hydrogen) atoms. The molecule has 1 heterocycles. The van der Waals surface area contributed by atoms with Crippen LogP contribution in [0.15, 0.2) is 0 Å². The second kappa shape index (κ2) is 8.37. The Balaban J connectivity index is 2.48. The highest BCUT2D eigenvalue weighted by molar-refractivity contribution is 7.98. The molecule has 0 aliphatic carbocycles. The Hall–Kier alpha value is 0.270. The van der Waals surface area contributed by atoms with E-state index in [0.717, 1.165) is 12.1 Å². The summed E-state index contributed by atoms with van der Waals surface area (Å²) >= 11 is 1.99. The van der Waals surface area contributed by atoms with Crippen LogP contribution < -0.4 is 5.32 Å². The van der Waals surface area contributed by atoms with E-state index < -0.39 is 0 Å². The third-order valence-corrected chi connectivity index (χ3v) is 4.21. The molecular weight excluding hydrogens is 216 g/mol. The van der Waals surface area contributed by atoms with Crippen molar-refractivity contribution < 1.29 is 0 Å². The zero-order chi connectivity index (χ0) is 11.8. The van der Waals surface area contributed by atoms with Crippen LogP contribution in [0.2, 0.25) is 0 Å². The van der Waals surface area contributed by atoms with E-state index in [2.05, 4.69) is 30.3 Å². The molecule has 96 valence electrons. The number of rotatable bonds is 6. The summed E-state index contributed by atoms with van der Waals surface area (Å²) in [6.45, 7) is 8.36. The van der Waals surface area contributed by atoms with Gasteiger partial charge in [0, 0.05) is 24.4 Å². The van der Waals surface area contributed by atoms with E-state index in [4.69, 9.17) is 0 Å². The number of nitrogens with one attached hydrogen (secondary N) is 1. The minimum Gasteiger partial charge on any atom is -0.313 e. The van der Waals surface area contributed by atoms with Crippen molar-refractivity contribution in [3.05, 3.63) is 0 Å². The molecule has 1 saturated heterocycles. The molecule has 2 nitrogen and oxygen atoms in total. The first kappa shape index (κ1) is 14.3. The molecular formula is C13H28N2S. The zero-order valence-electron chi connectivity index (χ0n) is 11.2. The molecule has 0 aromatic rings. The van der Waals surface area contributed by atoms with Gasteiger partial charge in [0.2, 0.25) is 0 Å². The SMILES string of the molecule is CCCC1CN(C(CC)CSC)CCCN1. The van der Waals surface area contributed by atoms with Crippen LogP contribution >= 0.6 is 11.8 Å². The van der Waals surface area contributed by atoms with Gasteiger partial charge >= 0.3 is 0 Å². The van der Waals surface area contributed by atoms with Gasteiger partial charge in [0.25, 0.3) is 0 Å². The van der Waals surface area contributed by atoms with Crippen LogP contribution in [0.5, 0.6) is 0 Å². The smallest absolute Gasteiger partial charge is 0.0195 e. The number of hydrogen-bond donors (Lipinski definition) is 1. The van der Waals surface area contributed by atoms with E-state index in [1.54, 1.807) is 0 Å². The van der Waals surface area contributed by atoms with Gasteiger partial charge < -0.3 is 5.32 Å². The summed E-state index contributed by atoms with van der Waals surface area (Å²) in [5.41, 5.74) is 0. The highest BCUT2D eigenvalue weighted by atomic mass is 32.2. The lowest BCUT2D eigenvalue weighted by atomic mass is 10.1. The van der Waals surface area contributed by atoms with Crippen LogP contribution in [0.1, 0.15) is 39.5 Å². The summed E-state index contributed by atoms with van der Waals surface area (Å²) in [6.07, 6.45) is 7.45. The lowest BCUT2D eigenvalue weighted by Crippen LogP contribution is -2.43. The van der Waals surface area contributed by atoms with Gasteiger partial charge in [0.15, 0.2) is 0 Å². The molecule has 1 rings (SSSR count).